The number of nitrogens with zero attached hydrogens (tertiary/aromatic N) is 4. The molecule has 22 heavy (non-hydrogen) atoms. The van der Waals surface area contributed by atoms with E-state index >= 15 is 0 Å². The van der Waals surface area contributed by atoms with Gasteiger partial charge >= 0.3 is 0 Å². The number of fused-ring (bicyclic) bond motifs is 3. The van der Waals surface area contributed by atoms with Crippen LogP contribution in [0.4, 0.5) is 0 Å². The Bertz CT molecular complexity index is 973. The van der Waals surface area contributed by atoms with Gasteiger partial charge in [-0.3, -0.25) is 4.40 Å². The summed E-state index contributed by atoms with van der Waals surface area (Å²) in [7, 11) is 0. The summed E-state index contributed by atoms with van der Waals surface area (Å²) in [6.07, 6.45) is 0. The zero-order chi connectivity index (χ0) is 15.1. The molecular formula is C16H14N4OS. The predicted octanol–water partition coefficient (Wildman–Crippen LogP) is 3.78. The van der Waals surface area contributed by atoms with E-state index in [0.29, 0.717) is 5.75 Å². The van der Waals surface area contributed by atoms with Gasteiger partial charge in [0.1, 0.15) is 5.76 Å². The number of benzene rings is 1. The van der Waals surface area contributed by atoms with Gasteiger partial charge in [0.05, 0.1) is 17.0 Å². The van der Waals surface area contributed by atoms with E-state index in [1.807, 2.05) is 19.1 Å². The van der Waals surface area contributed by atoms with Crippen molar-refractivity contribution >= 4 is 28.3 Å². The van der Waals surface area contributed by atoms with Crippen LogP contribution in [-0.2, 0) is 5.75 Å². The fourth-order valence-electron chi connectivity index (χ4n) is 2.59. The Hall–Kier alpha value is -2.34. The summed E-state index contributed by atoms with van der Waals surface area (Å²) < 4.78 is 7.35. The van der Waals surface area contributed by atoms with Crippen LogP contribution in [0.5, 0.6) is 0 Å². The van der Waals surface area contributed by atoms with Gasteiger partial charge in [-0.2, -0.15) is 0 Å². The van der Waals surface area contributed by atoms with Crippen molar-refractivity contribution in [3.05, 3.63) is 53.4 Å². The summed E-state index contributed by atoms with van der Waals surface area (Å²) in [4.78, 5) is 0. The highest BCUT2D eigenvalue weighted by Crippen LogP contribution is 2.27. The average Bonchev–Trinajstić information content (AvgIpc) is 3.12. The molecule has 5 nitrogen and oxygen atoms in total. The molecule has 4 aromatic rings. The summed E-state index contributed by atoms with van der Waals surface area (Å²) in [5.41, 5.74) is 4.09. The van der Waals surface area contributed by atoms with E-state index in [0.717, 1.165) is 27.8 Å². The van der Waals surface area contributed by atoms with E-state index in [9.17, 15) is 0 Å². The van der Waals surface area contributed by atoms with Crippen molar-refractivity contribution in [1.29, 1.82) is 0 Å². The van der Waals surface area contributed by atoms with Gasteiger partial charge in [-0.15, -0.1) is 10.2 Å². The third-order valence-corrected chi connectivity index (χ3v) is 4.55. The molecule has 0 N–H and O–H groups in total. The van der Waals surface area contributed by atoms with Gasteiger partial charge < -0.3 is 4.52 Å². The minimum atomic E-state index is 0.684. The standard InChI is InChI=1S/C16H14N4OS/c1-10-7-15-17-18-16(22-9-12-8-11(2)19-21-12)20(15)14-6-4-3-5-13(10)14/h3-8H,9H2,1-2H3. The molecule has 3 aromatic heterocycles. The van der Waals surface area contributed by atoms with Crippen molar-refractivity contribution in [2.75, 3.05) is 0 Å². The third kappa shape index (κ3) is 2.16. The molecule has 0 aliphatic heterocycles. The maximum absolute atomic E-state index is 5.25. The summed E-state index contributed by atoms with van der Waals surface area (Å²) in [6.45, 7) is 4.02. The van der Waals surface area contributed by atoms with E-state index in [-0.39, 0.29) is 0 Å². The van der Waals surface area contributed by atoms with Crippen LogP contribution in [0, 0.1) is 13.8 Å². The van der Waals surface area contributed by atoms with E-state index in [1.165, 1.54) is 10.9 Å². The van der Waals surface area contributed by atoms with Crippen molar-refractivity contribution in [3.8, 4) is 0 Å². The van der Waals surface area contributed by atoms with Crippen LogP contribution < -0.4 is 0 Å². The molecule has 0 saturated heterocycles. The number of aromatic nitrogens is 4. The normalized spacial score (nSPS) is 11.5. The van der Waals surface area contributed by atoms with Crippen LogP contribution in [0.2, 0.25) is 0 Å². The van der Waals surface area contributed by atoms with Crippen molar-refractivity contribution in [1.82, 2.24) is 19.8 Å². The fourth-order valence-corrected chi connectivity index (χ4v) is 3.42. The van der Waals surface area contributed by atoms with Gasteiger partial charge in [0.2, 0.25) is 0 Å². The van der Waals surface area contributed by atoms with Crippen molar-refractivity contribution in [2.45, 2.75) is 24.8 Å². The second kappa shape index (κ2) is 5.14. The molecule has 0 aliphatic carbocycles. The number of pyridine rings is 1. The lowest BCUT2D eigenvalue weighted by molar-refractivity contribution is 0.391. The number of hydrogen-bond acceptors (Lipinski definition) is 5. The average molecular weight is 310 g/mol. The Morgan fingerprint density at radius 3 is 2.82 bits per heavy atom. The maximum atomic E-state index is 5.25. The number of aryl methyl sites for hydroxylation is 2. The number of rotatable bonds is 3. The molecular weight excluding hydrogens is 296 g/mol. The zero-order valence-corrected chi connectivity index (χ0v) is 13.1. The summed E-state index contributed by atoms with van der Waals surface area (Å²) in [5, 5.41) is 14.6. The molecule has 3 heterocycles. The van der Waals surface area contributed by atoms with Gasteiger partial charge in [0, 0.05) is 11.5 Å². The quantitative estimate of drug-likeness (QED) is 0.539. The maximum Gasteiger partial charge on any atom is 0.196 e. The molecule has 0 bridgehead atoms. The number of thioether (sulfide) groups is 1. The van der Waals surface area contributed by atoms with E-state index in [1.54, 1.807) is 11.8 Å². The van der Waals surface area contributed by atoms with E-state index < -0.39 is 0 Å². The first-order valence-corrected chi connectivity index (χ1v) is 7.99. The lowest BCUT2D eigenvalue weighted by atomic mass is 10.1. The smallest absolute Gasteiger partial charge is 0.196 e. The van der Waals surface area contributed by atoms with Crippen LogP contribution in [0.1, 0.15) is 17.0 Å². The summed E-state index contributed by atoms with van der Waals surface area (Å²) in [5.74, 6) is 1.53. The SMILES string of the molecule is Cc1cc(CSc2nnc3cc(C)c4ccccc4n23)on1. The second-order valence-corrected chi connectivity index (χ2v) is 6.19. The van der Waals surface area contributed by atoms with Crippen LogP contribution in [0.15, 0.2) is 46.1 Å². The number of hydrogen-bond donors (Lipinski definition) is 0. The Balaban J connectivity index is 1.79. The lowest BCUT2D eigenvalue weighted by Gasteiger charge is -2.06. The molecule has 0 amide bonds. The van der Waals surface area contributed by atoms with Crippen molar-refractivity contribution in [3.63, 3.8) is 0 Å². The Morgan fingerprint density at radius 2 is 2.00 bits per heavy atom. The molecule has 110 valence electrons. The minimum Gasteiger partial charge on any atom is -0.360 e. The topological polar surface area (TPSA) is 56.2 Å². The second-order valence-electron chi connectivity index (χ2n) is 5.24. The molecule has 0 fully saturated rings. The molecule has 0 atom stereocenters. The summed E-state index contributed by atoms with van der Waals surface area (Å²) in [6, 6.07) is 12.3. The van der Waals surface area contributed by atoms with Gasteiger partial charge in [-0.25, -0.2) is 0 Å². The molecule has 1 aromatic carbocycles. The van der Waals surface area contributed by atoms with Crippen molar-refractivity contribution < 1.29 is 4.52 Å². The first kappa shape index (κ1) is 13.3. The summed E-state index contributed by atoms with van der Waals surface area (Å²) >= 11 is 1.60. The van der Waals surface area contributed by atoms with Gasteiger partial charge in [-0.1, -0.05) is 35.1 Å². The highest BCUT2D eigenvalue weighted by Gasteiger charge is 2.12. The van der Waals surface area contributed by atoms with Gasteiger partial charge in [-0.05, 0) is 31.5 Å². The Kier molecular flexibility index (Phi) is 3.11. The molecule has 0 spiro atoms. The van der Waals surface area contributed by atoms with E-state index in [2.05, 4.69) is 50.9 Å². The molecule has 4 rings (SSSR count). The number of para-hydroxylation sites is 1. The zero-order valence-electron chi connectivity index (χ0n) is 12.3. The highest BCUT2D eigenvalue weighted by atomic mass is 32.2. The molecule has 0 unspecified atom stereocenters. The minimum absolute atomic E-state index is 0.684. The molecule has 6 heteroatoms. The van der Waals surface area contributed by atoms with Crippen LogP contribution in [0.3, 0.4) is 0 Å². The Morgan fingerprint density at radius 1 is 1.14 bits per heavy atom. The molecule has 0 radical (unpaired) electrons. The largest absolute Gasteiger partial charge is 0.360 e. The van der Waals surface area contributed by atoms with Gasteiger partial charge in [0.25, 0.3) is 0 Å². The first-order chi connectivity index (χ1) is 10.7. The molecule has 0 saturated carbocycles. The monoisotopic (exact) mass is 310 g/mol. The van der Waals surface area contributed by atoms with E-state index in [4.69, 9.17) is 4.52 Å². The van der Waals surface area contributed by atoms with Gasteiger partial charge in [0.15, 0.2) is 10.8 Å². The lowest BCUT2D eigenvalue weighted by Crippen LogP contribution is -1.93. The van der Waals surface area contributed by atoms with Crippen molar-refractivity contribution in [2.24, 2.45) is 0 Å². The third-order valence-electron chi connectivity index (χ3n) is 3.59. The molecule has 0 aliphatic rings. The highest BCUT2D eigenvalue weighted by molar-refractivity contribution is 7.98. The Labute approximate surface area is 131 Å². The van der Waals surface area contributed by atoms with Crippen LogP contribution in [0.25, 0.3) is 16.6 Å². The van der Waals surface area contributed by atoms with Crippen LogP contribution >= 0.6 is 11.8 Å². The van der Waals surface area contributed by atoms with Crippen LogP contribution in [-0.4, -0.2) is 19.8 Å². The fraction of sp³-hybridized carbons (Fsp3) is 0.188. The predicted molar refractivity (Wildman–Crippen MR) is 86.0 cm³/mol. The first-order valence-electron chi connectivity index (χ1n) is 7.01.